The monoisotopic (exact) mass is 266 g/mol. The lowest BCUT2D eigenvalue weighted by Gasteiger charge is -2.27. The number of benzene rings is 1. The number of nitrogens with zero attached hydrogens (tertiary/aromatic N) is 1. The molecule has 0 aliphatic carbocycles. The molecule has 0 amide bonds. The summed E-state index contributed by atoms with van der Waals surface area (Å²) < 4.78 is 27.3. The molecule has 0 aliphatic rings. The quantitative estimate of drug-likeness (QED) is 0.903. The minimum absolute atomic E-state index is 0.00168. The minimum Gasteiger partial charge on any atom is -0.312 e. The Morgan fingerprint density at radius 2 is 1.79 bits per heavy atom. The Hall–Kier alpha value is -1.47. The molecule has 0 aromatic heterocycles. The zero-order chi connectivity index (χ0) is 14.6. The Balaban J connectivity index is 2.67. The molecule has 1 rings (SSSR count). The standard InChI is InChI=1S/C15H20F2N2/c1-10(15(2,3)4)8-19-9-12-13(16)5-11(7-18)6-14(12)17/h5-6,10,19H,8-9H2,1-4H3. The van der Waals surface area contributed by atoms with Crippen LogP contribution >= 0.6 is 0 Å². The van der Waals surface area contributed by atoms with E-state index in [1.165, 1.54) is 0 Å². The van der Waals surface area contributed by atoms with Gasteiger partial charge in [-0.15, -0.1) is 0 Å². The summed E-state index contributed by atoms with van der Waals surface area (Å²) in [6.07, 6.45) is 0. The Kier molecular flexibility index (Phi) is 5.02. The van der Waals surface area contributed by atoms with Crippen molar-refractivity contribution in [3.05, 3.63) is 34.9 Å². The maximum absolute atomic E-state index is 13.6. The van der Waals surface area contributed by atoms with Crippen LogP contribution in [0.2, 0.25) is 0 Å². The van der Waals surface area contributed by atoms with E-state index >= 15 is 0 Å². The second-order valence-electron chi connectivity index (χ2n) is 5.93. The molecule has 1 unspecified atom stereocenters. The Morgan fingerprint density at radius 3 is 2.21 bits per heavy atom. The van der Waals surface area contributed by atoms with Gasteiger partial charge in [-0.1, -0.05) is 27.7 Å². The number of halogens is 2. The van der Waals surface area contributed by atoms with Crippen molar-refractivity contribution in [2.24, 2.45) is 11.3 Å². The van der Waals surface area contributed by atoms with Crippen molar-refractivity contribution in [1.82, 2.24) is 5.32 Å². The molecule has 0 heterocycles. The van der Waals surface area contributed by atoms with Crippen LogP contribution in [0.1, 0.15) is 38.8 Å². The first-order valence-corrected chi connectivity index (χ1v) is 6.34. The van der Waals surface area contributed by atoms with E-state index in [1.54, 1.807) is 6.07 Å². The van der Waals surface area contributed by atoms with Crippen molar-refractivity contribution in [2.45, 2.75) is 34.2 Å². The highest BCUT2D eigenvalue weighted by Gasteiger charge is 2.19. The van der Waals surface area contributed by atoms with Gasteiger partial charge in [-0.25, -0.2) is 8.78 Å². The zero-order valence-electron chi connectivity index (χ0n) is 11.8. The number of nitrogens with one attached hydrogen (secondary N) is 1. The van der Waals surface area contributed by atoms with Crippen molar-refractivity contribution >= 4 is 0 Å². The largest absolute Gasteiger partial charge is 0.312 e. The van der Waals surface area contributed by atoms with Gasteiger partial charge in [0.05, 0.1) is 11.6 Å². The molecular formula is C15H20F2N2. The van der Waals surface area contributed by atoms with Crippen LogP contribution < -0.4 is 5.32 Å². The molecule has 4 heteroatoms. The van der Waals surface area contributed by atoms with Gasteiger partial charge in [0.15, 0.2) is 0 Å². The second-order valence-corrected chi connectivity index (χ2v) is 5.93. The summed E-state index contributed by atoms with van der Waals surface area (Å²) in [6.45, 7) is 9.29. The molecule has 0 saturated heterocycles. The van der Waals surface area contributed by atoms with E-state index in [-0.39, 0.29) is 23.1 Å². The van der Waals surface area contributed by atoms with Crippen LogP contribution in [-0.4, -0.2) is 6.54 Å². The number of hydrogen-bond donors (Lipinski definition) is 1. The van der Waals surface area contributed by atoms with E-state index in [4.69, 9.17) is 5.26 Å². The van der Waals surface area contributed by atoms with E-state index in [2.05, 4.69) is 33.0 Å². The average Bonchev–Trinajstić information content (AvgIpc) is 2.30. The second kappa shape index (κ2) is 6.12. The van der Waals surface area contributed by atoms with Crippen LogP contribution in [-0.2, 0) is 6.54 Å². The Morgan fingerprint density at radius 1 is 1.26 bits per heavy atom. The summed E-state index contributed by atoms with van der Waals surface area (Å²) in [5.74, 6) is -0.961. The fourth-order valence-corrected chi connectivity index (χ4v) is 1.56. The van der Waals surface area contributed by atoms with Gasteiger partial charge in [-0.2, -0.15) is 5.26 Å². The van der Waals surface area contributed by atoms with Crippen LogP contribution in [0.15, 0.2) is 12.1 Å². The fraction of sp³-hybridized carbons (Fsp3) is 0.533. The molecule has 1 atom stereocenters. The van der Waals surface area contributed by atoms with E-state index in [0.29, 0.717) is 12.5 Å². The molecule has 1 aromatic carbocycles. The number of hydrogen-bond acceptors (Lipinski definition) is 2. The average molecular weight is 266 g/mol. The molecular weight excluding hydrogens is 246 g/mol. The Bertz CT molecular complexity index is 461. The summed E-state index contributed by atoms with van der Waals surface area (Å²) in [4.78, 5) is 0. The third kappa shape index (κ3) is 4.29. The van der Waals surface area contributed by atoms with Gasteiger partial charge < -0.3 is 5.32 Å². The summed E-state index contributed by atoms with van der Waals surface area (Å²) in [5.41, 5.74) is 0.135. The maximum Gasteiger partial charge on any atom is 0.131 e. The van der Waals surface area contributed by atoms with Gasteiger partial charge in [0.2, 0.25) is 0 Å². The van der Waals surface area contributed by atoms with Crippen molar-refractivity contribution < 1.29 is 8.78 Å². The molecule has 1 aromatic rings. The van der Waals surface area contributed by atoms with Crippen molar-refractivity contribution in [3.8, 4) is 6.07 Å². The van der Waals surface area contributed by atoms with E-state index < -0.39 is 11.6 Å². The first-order chi connectivity index (χ1) is 8.75. The van der Waals surface area contributed by atoms with Gasteiger partial charge in [0.25, 0.3) is 0 Å². The highest BCUT2D eigenvalue weighted by molar-refractivity contribution is 5.34. The lowest BCUT2D eigenvalue weighted by molar-refractivity contribution is 0.252. The first-order valence-electron chi connectivity index (χ1n) is 6.34. The molecule has 104 valence electrons. The third-order valence-corrected chi connectivity index (χ3v) is 3.50. The first kappa shape index (κ1) is 15.6. The van der Waals surface area contributed by atoms with Crippen LogP contribution in [0.5, 0.6) is 0 Å². The highest BCUT2D eigenvalue weighted by atomic mass is 19.1. The molecule has 0 radical (unpaired) electrons. The van der Waals surface area contributed by atoms with Crippen LogP contribution in [0.4, 0.5) is 8.78 Å². The Labute approximate surface area is 113 Å². The predicted octanol–water partition coefficient (Wildman–Crippen LogP) is 3.61. The molecule has 0 bridgehead atoms. The summed E-state index contributed by atoms with van der Waals surface area (Å²) >= 11 is 0. The highest BCUT2D eigenvalue weighted by Crippen LogP contribution is 2.24. The van der Waals surface area contributed by atoms with Crippen LogP contribution in [0.3, 0.4) is 0 Å². The summed E-state index contributed by atoms with van der Waals surface area (Å²) in [6, 6.07) is 3.86. The van der Waals surface area contributed by atoms with Crippen molar-refractivity contribution in [1.29, 1.82) is 5.26 Å². The third-order valence-electron chi connectivity index (χ3n) is 3.50. The SMILES string of the molecule is CC(CNCc1c(F)cc(C#N)cc1F)C(C)(C)C. The van der Waals surface area contributed by atoms with Gasteiger partial charge in [0, 0.05) is 12.1 Å². The van der Waals surface area contributed by atoms with Crippen LogP contribution in [0.25, 0.3) is 0 Å². The van der Waals surface area contributed by atoms with Crippen LogP contribution in [0, 0.1) is 34.3 Å². The summed E-state index contributed by atoms with van der Waals surface area (Å²) in [5, 5.41) is 11.7. The van der Waals surface area contributed by atoms with Crippen molar-refractivity contribution in [3.63, 3.8) is 0 Å². The lowest BCUT2D eigenvalue weighted by atomic mass is 9.82. The van der Waals surface area contributed by atoms with Gasteiger partial charge in [0.1, 0.15) is 11.6 Å². The zero-order valence-corrected chi connectivity index (χ0v) is 11.8. The molecule has 0 saturated carbocycles. The molecule has 0 fully saturated rings. The van der Waals surface area contributed by atoms with E-state index in [0.717, 1.165) is 12.1 Å². The van der Waals surface area contributed by atoms with Crippen molar-refractivity contribution in [2.75, 3.05) is 6.54 Å². The van der Waals surface area contributed by atoms with Gasteiger partial charge in [-0.05, 0) is 30.0 Å². The molecule has 19 heavy (non-hydrogen) atoms. The maximum atomic E-state index is 13.6. The predicted molar refractivity (Wildman–Crippen MR) is 71.4 cm³/mol. The number of nitriles is 1. The molecule has 2 nitrogen and oxygen atoms in total. The molecule has 1 N–H and O–H groups in total. The van der Waals surface area contributed by atoms with E-state index in [9.17, 15) is 8.78 Å². The van der Waals surface area contributed by atoms with Gasteiger partial charge >= 0.3 is 0 Å². The minimum atomic E-state index is -0.674. The van der Waals surface area contributed by atoms with Gasteiger partial charge in [-0.3, -0.25) is 0 Å². The lowest BCUT2D eigenvalue weighted by Crippen LogP contribution is -2.29. The normalized spacial score (nSPS) is 13.1. The topological polar surface area (TPSA) is 35.8 Å². The fourth-order valence-electron chi connectivity index (χ4n) is 1.56. The molecule has 0 aliphatic heterocycles. The number of rotatable bonds is 4. The summed E-state index contributed by atoms with van der Waals surface area (Å²) in [7, 11) is 0. The molecule has 0 spiro atoms. The smallest absolute Gasteiger partial charge is 0.131 e. The van der Waals surface area contributed by atoms with E-state index in [1.807, 2.05) is 0 Å².